The minimum absolute atomic E-state index is 0.0541. The van der Waals surface area contributed by atoms with Gasteiger partial charge in [0, 0.05) is 29.2 Å². The van der Waals surface area contributed by atoms with Gasteiger partial charge >= 0.3 is 6.18 Å². The molecule has 0 N–H and O–H groups in total. The Bertz CT molecular complexity index is 723. The average Bonchev–Trinajstić information content (AvgIpc) is 2.83. The quantitative estimate of drug-likeness (QED) is 0.842. The van der Waals surface area contributed by atoms with Gasteiger partial charge in [0.15, 0.2) is 0 Å². The minimum atomic E-state index is -4.52. The Morgan fingerprint density at radius 1 is 1.14 bits per heavy atom. The summed E-state index contributed by atoms with van der Waals surface area (Å²) in [6, 6.07) is 10.9. The summed E-state index contributed by atoms with van der Waals surface area (Å²) in [5.74, 6) is 0.616. The Hall–Kier alpha value is -1.69. The van der Waals surface area contributed by atoms with Gasteiger partial charge in [0.05, 0.1) is 0 Å². The lowest BCUT2D eigenvalue weighted by atomic mass is 10.0. The molecule has 0 aliphatic carbocycles. The Kier molecular flexibility index (Phi) is 3.57. The molecule has 0 radical (unpaired) electrons. The normalized spacial score (nSPS) is 17.8. The number of hydrogen-bond donors (Lipinski definition) is 0. The molecule has 2 heterocycles. The molecular weight excluding hydrogens is 299 g/mol. The summed E-state index contributed by atoms with van der Waals surface area (Å²) in [5, 5.41) is 0. The maximum absolute atomic E-state index is 13.0. The molecule has 6 heteroatoms. The van der Waals surface area contributed by atoms with Crippen LogP contribution in [-0.2, 0) is 12.7 Å². The van der Waals surface area contributed by atoms with Gasteiger partial charge in [-0.2, -0.15) is 13.2 Å². The zero-order valence-electron chi connectivity index (χ0n) is 10.9. The fraction of sp³-hybridized carbons (Fsp3) is 0.267. The van der Waals surface area contributed by atoms with Crippen LogP contribution in [0.4, 0.5) is 13.2 Å². The summed E-state index contributed by atoms with van der Waals surface area (Å²) in [4.78, 5) is 12.9. The predicted molar refractivity (Wildman–Crippen MR) is 75.6 cm³/mol. The van der Waals surface area contributed by atoms with E-state index in [4.69, 9.17) is 0 Å². The lowest BCUT2D eigenvalue weighted by Crippen LogP contribution is -2.29. The number of hydrogen-bond acceptors (Lipinski definition) is 2. The smallest absolute Gasteiger partial charge is 0.304 e. The first-order valence-corrected chi connectivity index (χ1v) is 7.44. The number of fused-ring (bicyclic) bond motifs is 1. The van der Waals surface area contributed by atoms with Crippen LogP contribution in [0, 0.1) is 0 Å². The standard InChI is InChI=1S/C15H12F3NOS/c16-15(17,18)13-6-3-7-14(20)19(13)8-10-9-21-12-5-2-1-4-11(10)12/h1-7,10H,8-9H2. The van der Waals surface area contributed by atoms with E-state index in [1.165, 1.54) is 6.07 Å². The number of rotatable bonds is 2. The highest BCUT2D eigenvalue weighted by molar-refractivity contribution is 7.99. The summed E-state index contributed by atoms with van der Waals surface area (Å²) in [5.41, 5.74) is -0.477. The lowest BCUT2D eigenvalue weighted by molar-refractivity contribution is -0.144. The largest absolute Gasteiger partial charge is 0.431 e. The maximum Gasteiger partial charge on any atom is 0.431 e. The van der Waals surface area contributed by atoms with Gasteiger partial charge in [-0.15, -0.1) is 11.8 Å². The van der Waals surface area contributed by atoms with Crippen molar-refractivity contribution in [1.29, 1.82) is 0 Å². The molecule has 0 saturated carbocycles. The van der Waals surface area contributed by atoms with E-state index >= 15 is 0 Å². The fourth-order valence-electron chi connectivity index (χ4n) is 2.56. The Morgan fingerprint density at radius 3 is 2.67 bits per heavy atom. The molecule has 1 aliphatic rings. The average molecular weight is 311 g/mol. The molecule has 1 aromatic carbocycles. The van der Waals surface area contributed by atoms with Gasteiger partial charge in [-0.1, -0.05) is 24.3 Å². The molecule has 1 unspecified atom stereocenters. The molecule has 0 bridgehead atoms. The first kappa shape index (κ1) is 14.3. The van der Waals surface area contributed by atoms with Crippen molar-refractivity contribution in [3.8, 4) is 0 Å². The van der Waals surface area contributed by atoms with Crippen molar-refractivity contribution in [2.45, 2.75) is 23.5 Å². The van der Waals surface area contributed by atoms with Crippen molar-refractivity contribution < 1.29 is 13.2 Å². The van der Waals surface area contributed by atoms with E-state index in [0.29, 0.717) is 5.75 Å². The first-order valence-electron chi connectivity index (χ1n) is 6.45. The molecule has 21 heavy (non-hydrogen) atoms. The van der Waals surface area contributed by atoms with E-state index in [2.05, 4.69) is 0 Å². The van der Waals surface area contributed by atoms with Gasteiger partial charge in [0.1, 0.15) is 5.69 Å². The molecule has 0 amide bonds. The number of nitrogens with zero attached hydrogens (tertiary/aromatic N) is 1. The van der Waals surface area contributed by atoms with Crippen LogP contribution in [0.2, 0.25) is 0 Å². The number of halogens is 3. The van der Waals surface area contributed by atoms with Crippen molar-refractivity contribution in [3.63, 3.8) is 0 Å². The number of pyridine rings is 1. The minimum Gasteiger partial charge on any atom is -0.304 e. The zero-order chi connectivity index (χ0) is 15.0. The third-order valence-corrected chi connectivity index (χ3v) is 4.79. The highest BCUT2D eigenvalue weighted by Gasteiger charge is 2.35. The molecular formula is C15H12F3NOS. The van der Waals surface area contributed by atoms with Crippen molar-refractivity contribution in [2.24, 2.45) is 0 Å². The van der Waals surface area contributed by atoms with E-state index in [0.717, 1.165) is 27.2 Å². The van der Waals surface area contributed by atoms with Crippen molar-refractivity contribution in [1.82, 2.24) is 4.57 Å². The summed E-state index contributed by atoms with van der Waals surface area (Å²) < 4.78 is 39.9. The van der Waals surface area contributed by atoms with Crippen LogP contribution in [0.25, 0.3) is 0 Å². The van der Waals surface area contributed by atoms with E-state index in [-0.39, 0.29) is 12.5 Å². The lowest BCUT2D eigenvalue weighted by Gasteiger charge is -2.18. The van der Waals surface area contributed by atoms with Gasteiger partial charge in [-0.25, -0.2) is 0 Å². The Morgan fingerprint density at radius 2 is 1.90 bits per heavy atom. The van der Waals surface area contributed by atoms with Crippen molar-refractivity contribution in [2.75, 3.05) is 5.75 Å². The molecule has 1 atom stereocenters. The van der Waals surface area contributed by atoms with Gasteiger partial charge in [0.2, 0.25) is 0 Å². The summed E-state index contributed by atoms with van der Waals surface area (Å²) >= 11 is 1.62. The molecule has 0 fully saturated rings. The fourth-order valence-corrected chi connectivity index (χ4v) is 3.80. The van der Waals surface area contributed by atoms with E-state index in [9.17, 15) is 18.0 Å². The van der Waals surface area contributed by atoms with Crippen LogP contribution in [-0.4, -0.2) is 10.3 Å². The molecule has 2 aromatic rings. The number of benzene rings is 1. The molecule has 0 spiro atoms. The van der Waals surface area contributed by atoms with Crippen LogP contribution in [0.1, 0.15) is 17.2 Å². The highest BCUT2D eigenvalue weighted by atomic mass is 32.2. The number of alkyl halides is 3. The SMILES string of the molecule is O=c1cccc(C(F)(F)F)n1CC1CSc2ccccc21. The van der Waals surface area contributed by atoms with Gasteiger partial charge < -0.3 is 4.57 Å². The van der Waals surface area contributed by atoms with E-state index in [1.54, 1.807) is 11.8 Å². The van der Waals surface area contributed by atoms with Crippen molar-refractivity contribution >= 4 is 11.8 Å². The first-order chi connectivity index (χ1) is 9.97. The molecule has 1 aliphatic heterocycles. The summed E-state index contributed by atoms with van der Waals surface area (Å²) in [6.07, 6.45) is -4.52. The van der Waals surface area contributed by atoms with E-state index < -0.39 is 17.4 Å². The molecule has 3 rings (SSSR count). The number of aromatic nitrogens is 1. The summed E-state index contributed by atoms with van der Waals surface area (Å²) in [6.45, 7) is 0.0541. The van der Waals surface area contributed by atoms with Crippen LogP contribution >= 0.6 is 11.8 Å². The van der Waals surface area contributed by atoms with Crippen molar-refractivity contribution in [3.05, 3.63) is 64.1 Å². The Balaban J connectivity index is 1.99. The monoisotopic (exact) mass is 311 g/mol. The highest BCUT2D eigenvalue weighted by Crippen LogP contribution is 2.40. The van der Waals surface area contributed by atoms with Crippen LogP contribution < -0.4 is 5.56 Å². The van der Waals surface area contributed by atoms with Gasteiger partial charge in [-0.3, -0.25) is 4.79 Å². The molecule has 1 aromatic heterocycles. The third-order valence-electron chi connectivity index (χ3n) is 3.54. The molecule has 2 nitrogen and oxygen atoms in total. The zero-order valence-corrected chi connectivity index (χ0v) is 11.7. The molecule has 0 saturated heterocycles. The predicted octanol–water partition coefficient (Wildman–Crippen LogP) is 3.76. The van der Waals surface area contributed by atoms with Gasteiger partial charge in [0.25, 0.3) is 5.56 Å². The van der Waals surface area contributed by atoms with Crippen LogP contribution in [0.3, 0.4) is 0 Å². The second kappa shape index (κ2) is 5.26. The van der Waals surface area contributed by atoms with E-state index in [1.807, 2.05) is 24.3 Å². The van der Waals surface area contributed by atoms with Gasteiger partial charge in [-0.05, 0) is 17.7 Å². The number of thioether (sulfide) groups is 1. The second-order valence-electron chi connectivity index (χ2n) is 4.90. The Labute approximate surface area is 123 Å². The maximum atomic E-state index is 13.0. The van der Waals surface area contributed by atoms with Crippen LogP contribution in [0.15, 0.2) is 52.2 Å². The molecule has 110 valence electrons. The second-order valence-corrected chi connectivity index (χ2v) is 5.97. The topological polar surface area (TPSA) is 22.0 Å². The van der Waals surface area contributed by atoms with Crippen LogP contribution in [0.5, 0.6) is 0 Å². The summed E-state index contributed by atoms with van der Waals surface area (Å²) in [7, 11) is 0. The third kappa shape index (κ3) is 2.72.